The van der Waals surface area contributed by atoms with Gasteiger partial charge in [-0.2, -0.15) is 0 Å². The van der Waals surface area contributed by atoms with Crippen molar-refractivity contribution < 1.29 is 39.6 Å². The van der Waals surface area contributed by atoms with Gasteiger partial charge in [0, 0.05) is 98.1 Å². The van der Waals surface area contributed by atoms with Crippen molar-refractivity contribution in [1.29, 1.82) is 0 Å². The Balaban J connectivity index is 1.56. The molecule has 4 aromatic carbocycles. The zero-order valence-corrected chi connectivity index (χ0v) is 33.3. The molecule has 0 aliphatic heterocycles. The number of Topliss-reactive ketones (excluding diaryl/α,β-unsaturated/α-hetero) is 4. The third-order valence-corrected chi connectivity index (χ3v) is 12.3. The minimum absolute atomic E-state index is 0.00634. The van der Waals surface area contributed by atoms with E-state index >= 15 is 0 Å². The van der Waals surface area contributed by atoms with Crippen LogP contribution in [0.15, 0.2) is 80.6 Å². The Morgan fingerprint density at radius 1 is 0.500 bits per heavy atom. The van der Waals surface area contributed by atoms with Crippen LogP contribution in [0.4, 0.5) is 0 Å². The quantitative estimate of drug-likeness (QED) is 0.0951. The molecular weight excluding hydrogens is 767 g/mol. The highest BCUT2D eigenvalue weighted by Crippen LogP contribution is 2.51. The minimum atomic E-state index is -0.769. The van der Waals surface area contributed by atoms with Gasteiger partial charge in [-0.05, 0) is 74.2 Å². The Kier molecular flexibility index (Phi) is 10.9. The van der Waals surface area contributed by atoms with E-state index in [4.69, 9.17) is 23.2 Å². The van der Waals surface area contributed by atoms with Crippen LogP contribution in [0.5, 0.6) is 23.0 Å². The number of ketones is 4. The fourth-order valence-electron chi connectivity index (χ4n) is 7.13. The molecule has 0 unspecified atom stereocenters. The number of benzene rings is 4. The van der Waals surface area contributed by atoms with E-state index in [2.05, 4.69) is 0 Å². The number of carbonyl (C=O) groups is 4. The van der Waals surface area contributed by atoms with Crippen LogP contribution in [0.2, 0.25) is 10.0 Å². The molecule has 0 amide bonds. The number of aromatic hydroxyl groups is 4. The first-order valence-corrected chi connectivity index (χ1v) is 19.8. The lowest BCUT2D eigenvalue weighted by Gasteiger charge is -2.31. The highest BCUT2D eigenvalue weighted by Gasteiger charge is 2.45. The fraction of sp³-hybridized carbons (Fsp3) is 0.238. The molecular formula is C42H36Cl2O8S2. The molecule has 0 fully saturated rings. The number of carbonyl (C=O) groups excluding carboxylic acids is 4. The van der Waals surface area contributed by atoms with E-state index in [1.807, 2.05) is 0 Å². The first-order chi connectivity index (χ1) is 25.5. The van der Waals surface area contributed by atoms with Crippen LogP contribution in [0, 0.1) is 0 Å². The van der Waals surface area contributed by atoms with Crippen molar-refractivity contribution in [2.75, 3.05) is 0 Å². The number of rotatable bonds is 9. The average Bonchev–Trinajstić information content (AvgIpc) is 3.12. The molecule has 4 N–H and O–H groups in total. The van der Waals surface area contributed by atoms with Crippen molar-refractivity contribution in [3.8, 4) is 23.0 Å². The van der Waals surface area contributed by atoms with Crippen molar-refractivity contribution in [3.63, 3.8) is 0 Å². The molecule has 0 saturated carbocycles. The van der Waals surface area contributed by atoms with Gasteiger partial charge in [0.2, 0.25) is 0 Å². The number of halogens is 2. The first-order valence-electron chi connectivity index (χ1n) is 17.1. The van der Waals surface area contributed by atoms with Gasteiger partial charge < -0.3 is 20.4 Å². The second-order valence-electron chi connectivity index (χ2n) is 13.8. The van der Waals surface area contributed by atoms with Gasteiger partial charge in [-0.15, -0.1) is 23.5 Å². The Hall–Kier alpha value is -4.48. The van der Waals surface area contributed by atoms with Gasteiger partial charge in [-0.1, -0.05) is 50.9 Å². The third-order valence-electron chi connectivity index (χ3n) is 9.76. The maximum Gasteiger partial charge on any atom is 0.195 e. The molecule has 4 aromatic rings. The molecule has 278 valence electrons. The van der Waals surface area contributed by atoms with Crippen molar-refractivity contribution in [2.24, 2.45) is 0 Å². The predicted octanol–water partition coefficient (Wildman–Crippen LogP) is 10.7. The Morgan fingerprint density at radius 3 is 1.11 bits per heavy atom. The summed E-state index contributed by atoms with van der Waals surface area (Å²) in [7, 11) is 0. The molecule has 12 heteroatoms. The van der Waals surface area contributed by atoms with Gasteiger partial charge in [-0.25, -0.2) is 0 Å². The van der Waals surface area contributed by atoms with Crippen molar-refractivity contribution in [3.05, 3.63) is 125 Å². The summed E-state index contributed by atoms with van der Waals surface area (Å²) in [6.45, 7) is 9.66. The number of phenolic OH excluding ortho intramolecular Hbond substituents is 4. The largest absolute Gasteiger partial charge is 0.504 e. The van der Waals surface area contributed by atoms with Gasteiger partial charge >= 0.3 is 0 Å². The molecule has 0 saturated heterocycles. The van der Waals surface area contributed by atoms with Crippen LogP contribution in [-0.4, -0.2) is 43.6 Å². The standard InChI is InChI=1S/C42H36Cl2O8S2/c1-17(2)27-33-31(25(37(47)41(27)51)15-53-23-11-7-21(43)8-12-23)39(49)29(19(5)35(33)45)30-20(6)36(46)34-28(18(3)4)42(52)38(48)26(32(34)40(30)50)16-54-24-13-9-22(44)10-14-24/h7-14,17-18,47-48,51-52H,15-16H2,1-6H3. The molecule has 0 atom stereocenters. The summed E-state index contributed by atoms with van der Waals surface area (Å²) in [6, 6.07) is 13.7. The molecule has 54 heavy (non-hydrogen) atoms. The van der Waals surface area contributed by atoms with Gasteiger partial charge in [0.05, 0.1) is 0 Å². The first kappa shape index (κ1) is 39.2. The number of hydrogen-bond donors (Lipinski definition) is 4. The summed E-state index contributed by atoms with van der Waals surface area (Å²) in [6.07, 6.45) is 0. The number of thioether (sulfide) groups is 2. The zero-order chi connectivity index (χ0) is 39.5. The molecule has 0 bridgehead atoms. The van der Waals surface area contributed by atoms with Crippen molar-refractivity contribution >= 4 is 69.9 Å². The number of phenols is 4. The Morgan fingerprint density at radius 2 is 0.815 bits per heavy atom. The van der Waals surface area contributed by atoms with Gasteiger partial charge in [0.15, 0.2) is 46.1 Å². The summed E-state index contributed by atoms with van der Waals surface area (Å²) in [4.78, 5) is 60.4. The molecule has 8 nitrogen and oxygen atoms in total. The topological polar surface area (TPSA) is 149 Å². The molecule has 0 heterocycles. The van der Waals surface area contributed by atoms with E-state index < -0.39 is 58.0 Å². The smallest absolute Gasteiger partial charge is 0.195 e. The van der Waals surface area contributed by atoms with E-state index in [1.165, 1.54) is 37.4 Å². The number of hydrogen-bond acceptors (Lipinski definition) is 10. The van der Waals surface area contributed by atoms with Gasteiger partial charge in [0.1, 0.15) is 0 Å². The number of fused-ring (bicyclic) bond motifs is 2. The molecule has 2 aliphatic rings. The number of allylic oxidation sites excluding steroid dienone is 4. The van der Waals surface area contributed by atoms with Crippen LogP contribution in [0.1, 0.15) is 117 Å². The SMILES string of the molecule is CC1=C(C2=C(C)C(=O)c3c(c(CSc4ccc(Cl)cc4)c(O)c(O)c3C(C)C)C2=O)C(=O)c2c(CSc3ccc(Cl)cc3)c(O)c(O)c(C(C)C)c2C1=O. The Bertz CT molecular complexity index is 2210. The van der Waals surface area contributed by atoms with Crippen LogP contribution in [0.3, 0.4) is 0 Å². The second-order valence-corrected chi connectivity index (χ2v) is 16.8. The monoisotopic (exact) mass is 802 g/mol. The summed E-state index contributed by atoms with van der Waals surface area (Å²) in [5, 5.41) is 46.4. The molecule has 0 aromatic heterocycles. The van der Waals surface area contributed by atoms with E-state index in [0.29, 0.717) is 10.0 Å². The van der Waals surface area contributed by atoms with E-state index in [0.717, 1.165) is 9.79 Å². The zero-order valence-electron chi connectivity index (χ0n) is 30.2. The summed E-state index contributed by atoms with van der Waals surface area (Å²) in [5.74, 6) is -6.06. The lowest BCUT2D eigenvalue weighted by molar-refractivity contribution is 0.0950. The average molecular weight is 804 g/mol. The van der Waals surface area contributed by atoms with Crippen LogP contribution < -0.4 is 0 Å². The highest BCUT2D eigenvalue weighted by atomic mass is 35.5. The maximum atomic E-state index is 15.0. The predicted molar refractivity (Wildman–Crippen MR) is 212 cm³/mol. The van der Waals surface area contributed by atoms with Gasteiger partial charge in [0.25, 0.3) is 0 Å². The summed E-state index contributed by atoms with van der Waals surface area (Å²) < 4.78 is 0. The van der Waals surface area contributed by atoms with E-state index in [1.54, 1.807) is 76.2 Å². The Labute approximate surface area is 330 Å². The fourth-order valence-corrected chi connectivity index (χ4v) is 9.22. The minimum Gasteiger partial charge on any atom is -0.504 e. The maximum absolute atomic E-state index is 15.0. The van der Waals surface area contributed by atoms with Crippen LogP contribution in [0.25, 0.3) is 0 Å². The lowest BCUT2D eigenvalue weighted by atomic mass is 9.70. The van der Waals surface area contributed by atoms with E-state index in [-0.39, 0.29) is 78.3 Å². The normalized spacial score (nSPS) is 14.5. The molecule has 0 radical (unpaired) electrons. The highest BCUT2D eigenvalue weighted by molar-refractivity contribution is 7.98. The second kappa shape index (κ2) is 15.0. The molecule has 6 rings (SSSR count). The summed E-state index contributed by atoms with van der Waals surface area (Å²) >= 11 is 14.6. The lowest BCUT2D eigenvalue weighted by Crippen LogP contribution is -2.32. The van der Waals surface area contributed by atoms with Crippen molar-refractivity contribution in [2.45, 2.75) is 74.7 Å². The van der Waals surface area contributed by atoms with Crippen LogP contribution >= 0.6 is 46.7 Å². The van der Waals surface area contributed by atoms with E-state index in [9.17, 15) is 39.6 Å². The molecule has 0 spiro atoms. The molecule has 2 aliphatic carbocycles. The van der Waals surface area contributed by atoms with Crippen molar-refractivity contribution in [1.82, 2.24) is 0 Å². The summed E-state index contributed by atoms with van der Waals surface area (Å²) in [5.41, 5.74) is -1.14. The third kappa shape index (κ3) is 6.53. The van der Waals surface area contributed by atoms with Gasteiger partial charge in [-0.3, -0.25) is 19.2 Å². The van der Waals surface area contributed by atoms with Crippen LogP contribution in [-0.2, 0) is 11.5 Å².